The summed E-state index contributed by atoms with van der Waals surface area (Å²) in [5.41, 5.74) is 2.99. The number of benzene rings is 1. The molecule has 2 aromatic heterocycles. The Morgan fingerprint density at radius 3 is 2.33 bits per heavy atom. The smallest absolute Gasteiger partial charge is 0.179 e. The van der Waals surface area contributed by atoms with Gasteiger partial charge >= 0.3 is 0 Å². The summed E-state index contributed by atoms with van der Waals surface area (Å²) >= 11 is 1.73. The second-order valence-corrected chi connectivity index (χ2v) is 9.83. The summed E-state index contributed by atoms with van der Waals surface area (Å²) in [5.74, 6) is 2.08. The lowest BCUT2D eigenvalue weighted by atomic mass is 9.92. The van der Waals surface area contributed by atoms with Gasteiger partial charge in [-0.05, 0) is 37.6 Å². The van der Waals surface area contributed by atoms with Crippen LogP contribution in [0.25, 0.3) is 11.5 Å². The molecule has 0 atom stereocenters. The Balaban J connectivity index is 1.78. The molecule has 0 radical (unpaired) electrons. The maximum Gasteiger partial charge on any atom is 0.179 e. The van der Waals surface area contributed by atoms with Gasteiger partial charge in [0.2, 0.25) is 0 Å². The summed E-state index contributed by atoms with van der Waals surface area (Å²) in [4.78, 5) is 3.36. The summed E-state index contributed by atoms with van der Waals surface area (Å²) in [6, 6.07) is 8.67. The summed E-state index contributed by atoms with van der Waals surface area (Å²) < 4.78 is 14.6. The van der Waals surface area contributed by atoms with Crippen LogP contribution in [0.2, 0.25) is 0 Å². The van der Waals surface area contributed by atoms with Gasteiger partial charge in [0.05, 0.1) is 10.4 Å². The van der Waals surface area contributed by atoms with Gasteiger partial charge in [0.15, 0.2) is 5.82 Å². The van der Waals surface area contributed by atoms with Crippen molar-refractivity contribution in [1.82, 2.24) is 25.0 Å². The van der Waals surface area contributed by atoms with E-state index in [0.29, 0.717) is 5.82 Å². The molecule has 0 spiro atoms. The SMILES string of the molecule is Cn1nc(C(C)(C)C)cc1-c1nnc(C(C)(C)SCc2ccc(F)cc2)[nH]1. The van der Waals surface area contributed by atoms with E-state index in [1.54, 1.807) is 11.8 Å². The molecular weight excluding hydrogens is 361 g/mol. The molecule has 27 heavy (non-hydrogen) atoms. The fourth-order valence-electron chi connectivity index (χ4n) is 2.62. The van der Waals surface area contributed by atoms with Crippen LogP contribution in [0, 0.1) is 5.82 Å². The van der Waals surface area contributed by atoms with E-state index in [2.05, 4.69) is 61.0 Å². The summed E-state index contributed by atoms with van der Waals surface area (Å²) in [6.07, 6.45) is 0. The molecule has 5 nitrogen and oxygen atoms in total. The van der Waals surface area contributed by atoms with Gasteiger partial charge in [-0.2, -0.15) is 5.10 Å². The summed E-state index contributed by atoms with van der Waals surface area (Å²) in [6.45, 7) is 10.6. The third-order valence-corrected chi connectivity index (χ3v) is 5.85. The number of aryl methyl sites for hydroxylation is 1. The molecule has 0 fully saturated rings. The van der Waals surface area contributed by atoms with Crippen molar-refractivity contribution in [1.29, 1.82) is 0 Å². The molecule has 144 valence electrons. The van der Waals surface area contributed by atoms with Gasteiger partial charge < -0.3 is 4.98 Å². The minimum atomic E-state index is -0.259. The van der Waals surface area contributed by atoms with E-state index >= 15 is 0 Å². The topological polar surface area (TPSA) is 59.4 Å². The second kappa shape index (κ2) is 7.11. The molecule has 0 amide bonds. The zero-order valence-corrected chi connectivity index (χ0v) is 17.5. The maximum atomic E-state index is 13.1. The first-order valence-electron chi connectivity index (χ1n) is 8.93. The highest BCUT2D eigenvalue weighted by atomic mass is 32.2. The minimum Gasteiger partial charge on any atom is -0.322 e. The van der Waals surface area contributed by atoms with Gasteiger partial charge in [0, 0.05) is 18.2 Å². The Morgan fingerprint density at radius 1 is 1.07 bits per heavy atom. The van der Waals surface area contributed by atoms with E-state index < -0.39 is 0 Å². The van der Waals surface area contributed by atoms with Crippen LogP contribution in [0.4, 0.5) is 4.39 Å². The van der Waals surface area contributed by atoms with E-state index in [-0.39, 0.29) is 16.0 Å². The number of aromatic amines is 1. The molecule has 0 unspecified atom stereocenters. The molecule has 7 heteroatoms. The van der Waals surface area contributed by atoms with E-state index in [1.165, 1.54) is 12.1 Å². The number of halogens is 1. The van der Waals surface area contributed by atoms with Crippen molar-refractivity contribution in [2.45, 2.75) is 50.5 Å². The van der Waals surface area contributed by atoms with Gasteiger partial charge in [0.1, 0.15) is 17.3 Å². The lowest BCUT2D eigenvalue weighted by Gasteiger charge is -2.20. The van der Waals surface area contributed by atoms with Gasteiger partial charge in [0.25, 0.3) is 0 Å². The number of rotatable bonds is 5. The Labute approximate surface area is 163 Å². The lowest BCUT2D eigenvalue weighted by molar-refractivity contribution is 0.553. The quantitative estimate of drug-likeness (QED) is 0.682. The average Bonchev–Trinajstić information content (AvgIpc) is 3.21. The summed E-state index contributed by atoms with van der Waals surface area (Å²) in [5, 5.41) is 13.3. The van der Waals surface area contributed by atoms with Crippen LogP contribution in [0.1, 0.15) is 51.7 Å². The number of hydrogen-bond donors (Lipinski definition) is 1. The van der Waals surface area contributed by atoms with Crippen molar-refractivity contribution in [2.24, 2.45) is 7.05 Å². The van der Waals surface area contributed by atoms with Crippen LogP contribution >= 0.6 is 11.8 Å². The fourth-order valence-corrected chi connectivity index (χ4v) is 3.57. The van der Waals surface area contributed by atoms with Crippen LogP contribution < -0.4 is 0 Å². The molecule has 3 aromatic rings. The molecule has 0 aliphatic carbocycles. The van der Waals surface area contributed by atoms with E-state index in [0.717, 1.165) is 28.5 Å². The highest BCUT2D eigenvalue weighted by Gasteiger charge is 2.27. The van der Waals surface area contributed by atoms with Crippen LogP contribution in [0.15, 0.2) is 30.3 Å². The number of H-pyrrole nitrogens is 1. The molecule has 1 aromatic carbocycles. The normalized spacial score (nSPS) is 12.6. The predicted molar refractivity (Wildman–Crippen MR) is 108 cm³/mol. The van der Waals surface area contributed by atoms with Crippen LogP contribution in [-0.4, -0.2) is 25.0 Å². The molecule has 0 bridgehead atoms. The Hall–Kier alpha value is -2.15. The van der Waals surface area contributed by atoms with Crippen molar-refractivity contribution >= 4 is 11.8 Å². The minimum absolute atomic E-state index is 0.0247. The molecule has 0 saturated carbocycles. The Kier molecular flexibility index (Phi) is 5.16. The average molecular weight is 388 g/mol. The molecule has 2 heterocycles. The van der Waals surface area contributed by atoms with Crippen LogP contribution in [-0.2, 0) is 23.0 Å². The highest BCUT2D eigenvalue weighted by Crippen LogP contribution is 2.36. The van der Waals surface area contributed by atoms with Crippen LogP contribution in [0.3, 0.4) is 0 Å². The number of nitrogens with zero attached hydrogens (tertiary/aromatic N) is 4. The molecule has 0 aliphatic rings. The number of aromatic nitrogens is 5. The first-order chi connectivity index (χ1) is 12.6. The largest absolute Gasteiger partial charge is 0.322 e. The molecule has 3 rings (SSSR count). The zero-order valence-electron chi connectivity index (χ0n) is 16.7. The maximum absolute atomic E-state index is 13.1. The number of thioether (sulfide) groups is 1. The monoisotopic (exact) mass is 387 g/mol. The standard InChI is InChI=1S/C20H26FN5S/c1-19(2,3)16-11-15(26(6)25-16)17-22-18(24-23-17)20(4,5)27-12-13-7-9-14(21)10-8-13/h7-11H,12H2,1-6H3,(H,22,23,24). The van der Waals surface area contributed by atoms with Gasteiger partial charge in [-0.25, -0.2) is 4.39 Å². The lowest BCUT2D eigenvalue weighted by Crippen LogP contribution is -2.14. The highest BCUT2D eigenvalue weighted by molar-refractivity contribution is 7.99. The Bertz CT molecular complexity index is 919. The van der Waals surface area contributed by atoms with E-state index in [1.807, 2.05) is 23.9 Å². The Morgan fingerprint density at radius 2 is 1.74 bits per heavy atom. The van der Waals surface area contributed by atoms with Gasteiger partial charge in [-0.1, -0.05) is 32.9 Å². The molecule has 0 saturated heterocycles. The second-order valence-electron chi connectivity index (χ2n) is 8.24. The van der Waals surface area contributed by atoms with Crippen molar-refractivity contribution in [3.63, 3.8) is 0 Å². The molecule has 0 aliphatic heterocycles. The number of nitrogens with one attached hydrogen (secondary N) is 1. The molecule has 1 N–H and O–H groups in total. The van der Waals surface area contributed by atoms with Crippen molar-refractivity contribution in [3.05, 3.63) is 53.2 Å². The fraction of sp³-hybridized carbons (Fsp3) is 0.450. The summed E-state index contributed by atoms with van der Waals surface area (Å²) in [7, 11) is 1.92. The van der Waals surface area contributed by atoms with Crippen molar-refractivity contribution in [2.75, 3.05) is 0 Å². The van der Waals surface area contributed by atoms with Gasteiger partial charge in [-0.15, -0.1) is 22.0 Å². The van der Waals surface area contributed by atoms with E-state index in [4.69, 9.17) is 0 Å². The third kappa shape index (κ3) is 4.40. The number of hydrogen-bond acceptors (Lipinski definition) is 4. The van der Waals surface area contributed by atoms with E-state index in [9.17, 15) is 4.39 Å². The van der Waals surface area contributed by atoms with Crippen molar-refractivity contribution in [3.8, 4) is 11.5 Å². The third-order valence-electron chi connectivity index (χ3n) is 4.46. The molecular formula is C20H26FN5S. The first-order valence-corrected chi connectivity index (χ1v) is 9.91. The van der Waals surface area contributed by atoms with Gasteiger partial charge in [-0.3, -0.25) is 4.68 Å². The predicted octanol–water partition coefficient (Wildman–Crippen LogP) is 4.81. The van der Waals surface area contributed by atoms with Crippen molar-refractivity contribution < 1.29 is 4.39 Å². The zero-order chi connectivity index (χ0) is 19.8. The van der Waals surface area contributed by atoms with Crippen LogP contribution in [0.5, 0.6) is 0 Å². The first kappa shape index (κ1) is 19.6.